The minimum absolute atomic E-state index is 0.00550. The van der Waals surface area contributed by atoms with Gasteiger partial charge in [0.05, 0.1) is 11.9 Å². The molecule has 3 N–H and O–H groups in total. The predicted octanol–water partition coefficient (Wildman–Crippen LogP) is 2.50. The zero-order chi connectivity index (χ0) is 17.4. The van der Waals surface area contributed by atoms with Gasteiger partial charge in [-0.2, -0.15) is 5.10 Å². The van der Waals surface area contributed by atoms with Crippen LogP contribution in [0.15, 0.2) is 42.7 Å². The van der Waals surface area contributed by atoms with Gasteiger partial charge < -0.3 is 15.7 Å². The Morgan fingerprint density at radius 1 is 1.29 bits per heavy atom. The van der Waals surface area contributed by atoms with Gasteiger partial charge in [0.15, 0.2) is 0 Å². The molecule has 24 heavy (non-hydrogen) atoms. The molecule has 0 radical (unpaired) electrons. The van der Waals surface area contributed by atoms with Crippen molar-refractivity contribution in [2.24, 2.45) is 0 Å². The quantitative estimate of drug-likeness (QED) is 0.693. The molecule has 0 saturated heterocycles. The minimum atomic E-state index is -0.875. The van der Waals surface area contributed by atoms with Crippen LogP contribution in [0.25, 0.3) is 0 Å². The molecule has 0 fully saturated rings. The van der Waals surface area contributed by atoms with Crippen molar-refractivity contribution in [1.29, 1.82) is 0 Å². The second-order valence-electron chi connectivity index (χ2n) is 5.50. The normalized spacial score (nSPS) is 11.7. The molecule has 2 aromatic rings. The molecule has 1 atom stereocenters. The van der Waals surface area contributed by atoms with Crippen LogP contribution in [0.4, 0.5) is 10.5 Å². The number of carboxylic acids is 1. The molecule has 2 amide bonds. The molecule has 1 aromatic carbocycles. The van der Waals surface area contributed by atoms with Gasteiger partial charge in [0.1, 0.15) is 0 Å². The lowest BCUT2D eigenvalue weighted by Crippen LogP contribution is -2.39. The second-order valence-corrected chi connectivity index (χ2v) is 5.50. The van der Waals surface area contributed by atoms with Gasteiger partial charge in [0, 0.05) is 25.2 Å². The van der Waals surface area contributed by atoms with Gasteiger partial charge in [-0.15, -0.1) is 0 Å². The summed E-state index contributed by atoms with van der Waals surface area (Å²) in [5, 5.41) is 18.5. The van der Waals surface area contributed by atoms with Crippen LogP contribution in [0.2, 0.25) is 0 Å². The fraction of sp³-hybridized carbons (Fsp3) is 0.353. The number of carbonyl (C=O) groups is 2. The van der Waals surface area contributed by atoms with E-state index in [2.05, 4.69) is 15.7 Å². The van der Waals surface area contributed by atoms with Crippen molar-refractivity contribution in [3.05, 3.63) is 48.3 Å². The molecule has 0 saturated carbocycles. The fourth-order valence-electron chi connectivity index (χ4n) is 2.38. The highest BCUT2D eigenvalue weighted by Crippen LogP contribution is 2.09. The molecule has 128 valence electrons. The summed E-state index contributed by atoms with van der Waals surface area (Å²) in [7, 11) is 0. The van der Waals surface area contributed by atoms with Crippen molar-refractivity contribution in [2.45, 2.75) is 38.8 Å². The average molecular weight is 330 g/mol. The average Bonchev–Trinajstić information content (AvgIpc) is 3.01. The number of aromatic nitrogens is 2. The summed E-state index contributed by atoms with van der Waals surface area (Å²) in [6, 6.07) is 9.05. The highest BCUT2D eigenvalue weighted by Gasteiger charge is 2.15. The zero-order valence-corrected chi connectivity index (χ0v) is 13.6. The van der Waals surface area contributed by atoms with Crippen molar-refractivity contribution in [1.82, 2.24) is 15.1 Å². The topological polar surface area (TPSA) is 96.2 Å². The van der Waals surface area contributed by atoms with Crippen LogP contribution in [0.5, 0.6) is 0 Å². The number of benzene rings is 1. The predicted molar refractivity (Wildman–Crippen MR) is 90.9 cm³/mol. The van der Waals surface area contributed by atoms with Gasteiger partial charge in [-0.1, -0.05) is 30.3 Å². The molecule has 0 aliphatic rings. The number of rotatable bonds is 8. The van der Waals surface area contributed by atoms with E-state index < -0.39 is 5.97 Å². The van der Waals surface area contributed by atoms with E-state index in [4.69, 9.17) is 5.11 Å². The number of aryl methyl sites for hydroxylation is 1. The Morgan fingerprint density at radius 2 is 2.04 bits per heavy atom. The summed E-state index contributed by atoms with van der Waals surface area (Å²) < 4.78 is 1.71. The largest absolute Gasteiger partial charge is 0.481 e. The number of carboxylic acid groups (broad SMARTS) is 1. The third-order valence-electron chi connectivity index (χ3n) is 3.58. The summed E-state index contributed by atoms with van der Waals surface area (Å²) >= 11 is 0. The van der Waals surface area contributed by atoms with Gasteiger partial charge in [-0.05, 0) is 25.3 Å². The molecule has 7 heteroatoms. The third kappa shape index (κ3) is 5.75. The zero-order valence-electron chi connectivity index (χ0n) is 13.6. The van der Waals surface area contributed by atoms with Gasteiger partial charge >= 0.3 is 12.0 Å². The number of hydrogen-bond acceptors (Lipinski definition) is 3. The highest BCUT2D eigenvalue weighted by atomic mass is 16.4. The Morgan fingerprint density at radius 3 is 2.67 bits per heavy atom. The molecular formula is C17H22N4O3. The molecule has 1 unspecified atom stereocenters. The van der Waals surface area contributed by atoms with Crippen molar-refractivity contribution in [2.75, 3.05) is 5.32 Å². The van der Waals surface area contributed by atoms with Crippen molar-refractivity contribution >= 4 is 17.7 Å². The van der Waals surface area contributed by atoms with E-state index in [0.29, 0.717) is 18.5 Å². The Kier molecular flexibility index (Phi) is 6.36. The molecule has 7 nitrogen and oxygen atoms in total. The number of carbonyl (C=O) groups excluding carboxylic acids is 1. The van der Waals surface area contributed by atoms with Crippen LogP contribution in [0, 0.1) is 0 Å². The molecule has 0 bridgehead atoms. The standard InChI is InChI=1S/C17H22N4O3/c1-2-21-12-15(11-18-21)20-17(24)19-14(8-9-16(22)23)10-13-6-4-3-5-7-13/h3-7,11-12,14H,2,8-10H2,1H3,(H,22,23)(H2,19,20,24). The molecule has 2 rings (SSSR count). The summed E-state index contributed by atoms with van der Waals surface area (Å²) in [6.07, 6.45) is 4.27. The Bertz CT molecular complexity index is 669. The van der Waals surface area contributed by atoms with E-state index in [1.165, 1.54) is 0 Å². The van der Waals surface area contributed by atoms with Crippen LogP contribution in [0.3, 0.4) is 0 Å². The molecule has 0 aliphatic carbocycles. The Balaban J connectivity index is 1.95. The Hall–Kier alpha value is -2.83. The molecule has 1 heterocycles. The minimum Gasteiger partial charge on any atom is -0.481 e. The van der Waals surface area contributed by atoms with Crippen molar-refractivity contribution in [3.8, 4) is 0 Å². The smallest absolute Gasteiger partial charge is 0.319 e. The number of aliphatic carboxylic acids is 1. The fourth-order valence-corrected chi connectivity index (χ4v) is 2.38. The summed E-state index contributed by atoms with van der Waals surface area (Å²) in [5.74, 6) is -0.875. The van der Waals surface area contributed by atoms with Gasteiger partial charge in [0.25, 0.3) is 0 Å². The molecular weight excluding hydrogens is 308 g/mol. The second kappa shape index (κ2) is 8.71. The summed E-state index contributed by atoms with van der Waals surface area (Å²) in [4.78, 5) is 23.0. The van der Waals surface area contributed by atoms with E-state index in [0.717, 1.165) is 12.1 Å². The maximum absolute atomic E-state index is 12.1. The van der Waals surface area contributed by atoms with E-state index in [1.54, 1.807) is 17.1 Å². The van der Waals surface area contributed by atoms with Crippen molar-refractivity contribution in [3.63, 3.8) is 0 Å². The first-order chi connectivity index (χ1) is 11.6. The van der Waals surface area contributed by atoms with Crippen LogP contribution in [0.1, 0.15) is 25.3 Å². The molecule has 0 aliphatic heterocycles. The molecule has 1 aromatic heterocycles. The number of anilines is 1. The monoisotopic (exact) mass is 330 g/mol. The first-order valence-corrected chi connectivity index (χ1v) is 7.92. The van der Waals surface area contributed by atoms with Crippen LogP contribution >= 0.6 is 0 Å². The maximum atomic E-state index is 12.1. The van der Waals surface area contributed by atoms with E-state index >= 15 is 0 Å². The lowest BCUT2D eigenvalue weighted by Gasteiger charge is -2.18. The molecule has 0 spiro atoms. The van der Waals surface area contributed by atoms with Gasteiger partial charge in [-0.3, -0.25) is 9.48 Å². The summed E-state index contributed by atoms with van der Waals surface area (Å²) in [6.45, 7) is 2.68. The Labute approximate surface area is 140 Å². The maximum Gasteiger partial charge on any atom is 0.319 e. The number of nitrogens with one attached hydrogen (secondary N) is 2. The SMILES string of the molecule is CCn1cc(NC(=O)NC(CCC(=O)O)Cc2ccccc2)cn1. The lowest BCUT2D eigenvalue weighted by molar-refractivity contribution is -0.137. The van der Waals surface area contributed by atoms with Gasteiger partial charge in [0.2, 0.25) is 0 Å². The first-order valence-electron chi connectivity index (χ1n) is 7.92. The number of hydrogen-bond donors (Lipinski definition) is 3. The van der Waals surface area contributed by atoms with Gasteiger partial charge in [-0.25, -0.2) is 4.79 Å². The third-order valence-corrected chi connectivity index (χ3v) is 3.58. The number of urea groups is 1. The van der Waals surface area contributed by atoms with Crippen molar-refractivity contribution < 1.29 is 14.7 Å². The summed E-state index contributed by atoms with van der Waals surface area (Å²) in [5.41, 5.74) is 1.65. The highest BCUT2D eigenvalue weighted by molar-refractivity contribution is 5.89. The number of nitrogens with zero attached hydrogens (tertiary/aromatic N) is 2. The van der Waals surface area contributed by atoms with Crippen LogP contribution in [-0.4, -0.2) is 32.9 Å². The van der Waals surface area contributed by atoms with Crippen LogP contribution in [-0.2, 0) is 17.8 Å². The van der Waals surface area contributed by atoms with E-state index in [9.17, 15) is 9.59 Å². The van der Waals surface area contributed by atoms with E-state index in [-0.39, 0.29) is 18.5 Å². The van der Waals surface area contributed by atoms with Crippen LogP contribution < -0.4 is 10.6 Å². The van der Waals surface area contributed by atoms with E-state index in [1.807, 2.05) is 37.3 Å². The lowest BCUT2D eigenvalue weighted by atomic mass is 10.0. The number of amides is 2. The first kappa shape index (κ1) is 17.5.